The molecule has 1 aromatic heterocycles. The maximum Gasteiger partial charge on any atom is 0.260 e. The first-order valence-corrected chi connectivity index (χ1v) is 10.6. The lowest BCUT2D eigenvalue weighted by atomic mass is 10.0. The van der Waals surface area contributed by atoms with Crippen LogP contribution in [0.5, 0.6) is 0 Å². The molecule has 3 aromatic rings. The van der Waals surface area contributed by atoms with E-state index in [9.17, 15) is 14.4 Å². The van der Waals surface area contributed by atoms with Crippen molar-refractivity contribution in [2.45, 2.75) is 33.0 Å². The number of hydrogen-bond donors (Lipinski definition) is 2. The number of carbonyl (C=O) groups is 3. The van der Waals surface area contributed by atoms with Crippen molar-refractivity contribution in [1.29, 1.82) is 0 Å². The molecule has 2 aliphatic rings. The van der Waals surface area contributed by atoms with Gasteiger partial charge in [-0.05, 0) is 32.0 Å². The fourth-order valence-electron chi connectivity index (χ4n) is 4.53. The van der Waals surface area contributed by atoms with Crippen molar-refractivity contribution in [3.63, 3.8) is 0 Å². The summed E-state index contributed by atoms with van der Waals surface area (Å²) in [7, 11) is 0. The van der Waals surface area contributed by atoms with Crippen LogP contribution < -0.4 is 10.2 Å². The first-order chi connectivity index (χ1) is 15.5. The Bertz CT molecular complexity index is 1230. The highest BCUT2D eigenvalue weighted by Crippen LogP contribution is 2.45. The number of rotatable bonds is 5. The molecule has 0 unspecified atom stereocenters. The van der Waals surface area contributed by atoms with Crippen molar-refractivity contribution < 1.29 is 14.4 Å². The molecule has 2 aliphatic heterocycles. The highest BCUT2D eigenvalue weighted by atomic mass is 16.2. The van der Waals surface area contributed by atoms with Crippen LogP contribution in [0.25, 0.3) is 0 Å². The van der Waals surface area contributed by atoms with Gasteiger partial charge >= 0.3 is 0 Å². The number of carbonyl (C=O) groups excluding carboxylic acids is 3. The number of para-hydroxylation sites is 1. The molecule has 0 aliphatic carbocycles. The van der Waals surface area contributed by atoms with E-state index in [1.807, 2.05) is 38.1 Å². The van der Waals surface area contributed by atoms with Crippen molar-refractivity contribution in [3.8, 4) is 0 Å². The van der Waals surface area contributed by atoms with E-state index < -0.39 is 6.17 Å². The van der Waals surface area contributed by atoms with Gasteiger partial charge in [0.25, 0.3) is 11.8 Å². The molecule has 2 N–H and O–H groups in total. The number of aryl methyl sites for hydroxylation is 2. The summed E-state index contributed by atoms with van der Waals surface area (Å²) < 4.78 is 0. The van der Waals surface area contributed by atoms with Gasteiger partial charge in [-0.1, -0.05) is 30.3 Å². The van der Waals surface area contributed by atoms with E-state index in [2.05, 4.69) is 15.5 Å². The molecule has 0 spiro atoms. The Morgan fingerprint density at radius 2 is 1.75 bits per heavy atom. The van der Waals surface area contributed by atoms with E-state index in [0.29, 0.717) is 23.4 Å². The van der Waals surface area contributed by atoms with Gasteiger partial charge in [-0.2, -0.15) is 5.10 Å². The lowest BCUT2D eigenvalue weighted by Crippen LogP contribution is -2.49. The van der Waals surface area contributed by atoms with Crippen LogP contribution in [0.3, 0.4) is 0 Å². The summed E-state index contributed by atoms with van der Waals surface area (Å²) >= 11 is 0. The zero-order valence-electron chi connectivity index (χ0n) is 17.9. The molecule has 8 nitrogen and oxygen atoms in total. The molecular formula is C24H23N5O3. The van der Waals surface area contributed by atoms with Crippen LogP contribution in [0.1, 0.15) is 55.8 Å². The van der Waals surface area contributed by atoms with E-state index in [1.165, 1.54) is 0 Å². The summed E-state index contributed by atoms with van der Waals surface area (Å²) in [6.07, 6.45) is -0.419. The fourth-order valence-corrected chi connectivity index (χ4v) is 4.53. The van der Waals surface area contributed by atoms with Gasteiger partial charge < -0.3 is 10.2 Å². The molecule has 0 bridgehead atoms. The number of benzene rings is 2. The number of amides is 3. The summed E-state index contributed by atoms with van der Waals surface area (Å²) in [5.41, 5.74) is 5.17. The van der Waals surface area contributed by atoms with Gasteiger partial charge in [0.15, 0.2) is 0 Å². The lowest BCUT2D eigenvalue weighted by molar-refractivity contribution is -0.121. The molecule has 8 heteroatoms. The smallest absolute Gasteiger partial charge is 0.260 e. The fraction of sp³-hybridized carbons (Fsp3) is 0.250. The predicted octanol–water partition coefficient (Wildman–Crippen LogP) is 2.85. The number of hydrogen-bond acceptors (Lipinski definition) is 4. The maximum atomic E-state index is 13.4. The van der Waals surface area contributed by atoms with Crippen molar-refractivity contribution in [2.75, 3.05) is 11.4 Å². The van der Waals surface area contributed by atoms with E-state index in [4.69, 9.17) is 0 Å². The monoisotopic (exact) mass is 429 g/mol. The number of H-pyrrole nitrogens is 1. The third-order valence-electron chi connectivity index (χ3n) is 6.21. The molecule has 0 saturated heterocycles. The van der Waals surface area contributed by atoms with Crippen LogP contribution >= 0.6 is 0 Å². The molecule has 162 valence electrons. The quantitative estimate of drug-likeness (QED) is 0.652. The van der Waals surface area contributed by atoms with Gasteiger partial charge in [0.05, 0.1) is 16.9 Å². The van der Waals surface area contributed by atoms with Crippen LogP contribution in [-0.2, 0) is 11.3 Å². The number of nitrogens with zero attached hydrogens (tertiary/aromatic N) is 3. The highest BCUT2D eigenvalue weighted by molar-refractivity contribution is 6.16. The molecule has 32 heavy (non-hydrogen) atoms. The van der Waals surface area contributed by atoms with Crippen molar-refractivity contribution >= 4 is 23.4 Å². The summed E-state index contributed by atoms with van der Waals surface area (Å²) in [6, 6.07) is 14.5. The minimum atomic E-state index is -0.549. The highest BCUT2D eigenvalue weighted by Gasteiger charge is 2.47. The first-order valence-electron chi connectivity index (χ1n) is 10.6. The Labute approximate surface area is 185 Å². The molecule has 3 heterocycles. The van der Waals surface area contributed by atoms with E-state index in [0.717, 1.165) is 22.5 Å². The van der Waals surface area contributed by atoms with E-state index in [1.54, 1.807) is 34.1 Å². The average Bonchev–Trinajstić information content (AvgIpc) is 3.28. The van der Waals surface area contributed by atoms with Crippen LogP contribution in [0.15, 0.2) is 48.5 Å². The maximum absolute atomic E-state index is 13.4. The average molecular weight is 429 g/mol. The Morgan fingerprint density at radius 1 is 1.03 bits per heavy atom. The minimum absolute atomic E-state index is 0.130. The van der Waals surface area contributed by atoms with Gasteiger partial charge in [-0.25, -0.2) is 0 Å². The standard InChI is InChI=1S/C24H23N5O3/c1-14-19(15(2)27-26-14)13-25-21(30)11-12-28-22-16-7-3-4-8-17(16)24(32)29(22)20-10-6-5-9-18(20)23(28)31/h3-10,22H,11-13H2,1-2H3,(H,25,30)(H,26,27)/t22-/m1/s1. The number of aromatic nitrogens is 2. The largest absolute Gasteiger partial charge is 0.352 e. The molecule has 1 atom stereocenters. The second-order valence-electron chi connectivity index (χ2n) is 8.09. The lowest BCUT2D eigenvalue weighted by Gasteiger charge is -2.40. The van der Waals surface area contributed by atoms with Crippen LogP contribution in [0.4, 0.5) is 5.69 Å². The Kier molecular flexibility index (Phi) is 4.77. The Balaban J connectivity index is 1.39. The van der Waals surface area contributed by atoms with Crippen LogP contribution in [-0.4, -0.2) is 39.4 Å². The third kappa shape index (κ3) is 3.07. The van der Waals surface area contributed by atoms with Crippen molar-refractivity contribution in [1.82, 2.24) is 20.4 Å². The normalized spacial score (nSPS) is 16.6. The number of anilines is 1. The Morgan fingerprint density at radius 3 is 2.50 bits per heavy atom. The molecule has 2 aromatic carbocycles. The van der Waals surface area contributed by atoms with Gasteiger partial charge in [0.2, 0.25) is 5.91 Å². The second-order valence-corrected chi connectivity index (χ2v) is 8.09. The summed E-state index contributed by atoms with van der Waals surface area (Å²) in [4.78, 5) is 42.4. The van der Waals surface area contributed by atoms with Crippen molar-refractivity contribution in [3.05, 3.63) is 82.2 Å². The Hall–Kier alpha value is -3.94. The molecule has 0 saturated carbocycles. The number of fused-ring (bicyclic) bond motifs is 5. The van der Waals surface area contributed by atoms with Gasteiger partial charge in [0.1, 0.15) is 6.17 Å². The van der Waals surface area contributed by atoms with Crippen LogP contribution in [0.2, 0.25) is 0 Å². The van der Waals surface area contributed by atoms with Gasteiger partial charge in [-0.3, -0.25) is 24.4 Å². The summed E-state index contributed by atoms with van der Waals surface area (Å²) in [5.74, 6) is -0.479. The zero-order valence-corrected chi connectivity index (χ0v) is 17.9. The number of nitrogens with one attached hydrogen (secondary N) is 2. The van der Waals surface area contributed by atoms with Crippen molar-refractivity contribution in [2.24, 2.45) is 0 Å². The SMILES string of the molecule is Cc1n[nH]c(C)c1CNC(=O)CCN1C(=O)c2ccccc2N2C(=O)c3ccccc3[C@H]12. The van der Waals surface area contributed by atoms with Gasteiger partial charge in [0, 0.05) is 41.9 Å². The second kappa shape index (κ2) is 7.64. The summed E-state index contributed by atoms with van der Waals surface area (Å²) in [5, 5.41) is 9.96. The molecule has 5 rings (SSSR count). The minimum Gasteiger partial charge on any atom is -0.352 e. The molecule has 0 fully saturated rings. The predicted molar refractivity (Wildman–Crippen MR) is 118 cm³/mol. The first kappa shape index (κ1) is 20.0. The third-order valence-corrected chi connectivity index (χ3v) is 6.21. The molecule has 0 radical (unpaired) electrons. The topological polar surface area (TPSA) is 98.4 Å². The summed E-state index contributed by atoms with van der Waals surface area (Å²) in [6.45, 7) is 4.37. The van der Waals surface area contributed by atoms with Gasteiger partial charge in [-0.15, -0.1) is 0 Å². The number of aromatic amines is 1. The van der Waals surface area contributed by atoms with E-state index in [-0.39, 0.29) is 30.7 Å². The van der Waals surface area contributed by atoms with Crippen LogP contribution in [0, 0.1) is 13.8 Å². The zero-order chi connectivity index (χ0) is 22.4. The molecular weight excluding hydrogens is 406 g/mol. The molecule has 3 amide bonds. The van der Waals surface area contributed by atoms with E-state index >= 15 is 0 Å².